The first-order valence-corrected chi connectivity index (χ1v) is 11.9. The lowest BCUT2D eigenvalue weighted by Crippen LogP contribution is -2.39. The summed E-state index contributed by atoms with van der Waals surface area (Å²) in [5, 5.41) is 20.3. The maximum Gasteiger partial charge on any atom is 0.408 e. The quantitative estimate of drug-likeness (QED) is 0.225. The van der Waals surface area contributed by atoms with Crippen molar-refractivity contribution in [2.45, 2.75) is 32.9 Å². The molecule has 0 aliphatic rings. The zero-order valence-corrected chi connectivity index (χ0v) is 21.3. The molecule has 0 atom stereocenters. The number of anilines is 4. The van der Waals surface area contributed by atoms with Gasteiger partial charge in [-0.05, 0) is 56.7 Å². The third kappa shape index (κ3) is 7.31. The molecule has 0 radical (unpaired) electrons. The Labute approximate surface area is 218 Å². The zero-order chi connectivity index (χ0) is 26.4. The van der Waals surface area contributed by atoms with Gasteiger partial charge in [0.2, 0.25) is 5.91 Å². The van der Waals surface area contributed by atoms with Crippen LogP contribution in [0.4, 0.5) is 27.8 Å². The van der Waals surface area contributed by atoms with Crippen LogP contribution in [0.15, 0.2) is 54.9 Å². The van der Waals surface area contributed by atoms with Gasteiger partial charge in [-0.3, -0.25) is 9.89 Å². The summed E-state index contributed by atoms with van der Waals surface area (Å²) in [5.74, 6) is 0.753. The number of carbonyl (C=O) groups excluding carboxylic acids is 2. The lowest BCUT2D eigenvalue weighted by atomic mass is 10.2. The van der Waals surface area contributed by atoms with Crippen LogP contribution in [0.3, 0.4) is 0 Å². The number of halogens is 1. The fourth-order valence-corrected chi connectivity index (χ4v) is 3.56. The van der Waals surface area contributed by atoms with Crippen LogP contribution in [0, 0.1) is 0 Å². The molecule has 4 rings (SSSR count). The van der Waals surface area contributed by atoms with Crippen molar-refractivity contribution in [1.29, 1.82) is 0 Å². The number of alkyl carbamates (subject to hydrolysis) is 1. The van der Waals surface area contributed by atoms with E-state index < -0.39 is 11.7 Å². The van der Waals surface area contributed by atoms with Crippen molar-refractivity contribution in [2.75, 3.05) is 17.2 Å². The van der Waals surface area contributed by atoms with E-state index in [4.69, 9.17) is 16.3 Å². The molecule has 37 heavy (non-hydrogen) atoms. The Hall–Kier alpha value is -4.38. The Bertz CT molecular complexity index is 1420. The average Bonchev–Trinajstić information content (AvgIpc) is 3.24. The van der Waals surface area contributed by atoms with Gasteiger partial charge in [0.15, 0.2) is 11.5 Å². The van der Waals surface area contributed by atoms with Gasteiger partial charge in [0.1, 0.15) is 29.7 Å². The first-order chi connectivity index (χ1) is 17.7. The molecule has 0 spiro atoms. The highest BCUT2D eigenvalue weighted by atomic mass is 35.5. The van der Waals surface area contributed by atoms with Crippen LogP contribution in [-0.2, 0) is 16.1 Å². The van der Waals surface area contributed by atoms with Crippen LogP contribution in [0.1, 0.15) is 26.3 Å². The maximum absolute atomic E-state index is 12.1. The minimum atomic E-state index is -0.645. The summed E-state index contributed by atoms with van der Waals surface area (Å²) in [7, 11) is 0. The number of hydrogen-bond acceptors (Lipinski definition) is 8. The maximum atomic E-state index is 12.1. The number of aromatic amines is 1. The third-order valence-corrected chi connectivity index (χ3v) is 5.15. The second-order valence-corrected chi connectivity index (χ2v) is 9.55. The van der Waals surface area contributed by atoms with Gasteiger partial charge in [0.25, 0.3) is 0 Å². The Morgan fingerprint density at radius 3 is 2.46 bits per heavy atom. The number of fused-ring (bicyclic) bond motifs is 1. The van der Waals surface area contributed by atoms with E-state index in [9.17, 15) is 9.59 Å². The predicted molar refractivity (Wildman–Crippen MR) is 142 cm³/mol. The van der Waals surface area contributed by atoms with E-state index in [1.807, 2.05) is 36.4 Å². The second kappa shape index (κ2) is 11.1. The van der Waals surface area contributed by atoms with Crippen LogP contribution in [0.5, 0.6) is 0 Å². The van der Waals surface area contributed by atoms with Crippen molar-refractivity contribution in [2.24, 2.45) is 0 Å². The van der Waals surface area contributed by atoms with Gasteiger partial charge in [0.05, 0.1) is 0 Å². The highest BCUT2D eigenvalue weighted by molar-refractivity contribution is 6.30. The van der Waals surface area contributed by atoms with Crippen LogP contribution in [0.25, 0.3) is 11.0 Å². The minimum Gasteiger partial charge on any atom is -0.444 e. The summed E-state index contributed by atoms with van der Waals surface area (Å²) in [6.45, 7) is 5.35. The van der Waals surface area contributed by atoms with Gasteiger partial charge in [0, 0.05) is 22.9 Å². The number of carbonyl (C=O) groups is 2. The molecule has 4 aromatic rings. The van der Waals surface area contributed by atoms with E-state index in [1.54, 1.807) is 32.9 Å². The van der Waals surface area contributed by atoms with Crippen molar-refractivity contribution in [1.82, 2.24) is 30.8 Å². The Balaban J connectivity index is 1.41. The average molecular weight is 523 g/mol. The van der Waals surface area contributed by atoms with Crippen LogP contribution in [0.2, 0.25) is 5.02 Å². The van der Waals surface area contributed by atoms with Crippen molar-refractivity contribution in [3.63, 3.8) is 0 Å². The fourth-order valence-electron chi connectivity index (χ4n) is 3.37. The molecule has 192 valence electrons. The molecule has 0 bridgehead atoms. The lowest BCUT2D eigenvalue weighted by Gasteiger charge is -2.19. The van der Waals surface area contributed by atoms with Crippen molar-refractivity contribution >= 4 is 57.6 Å². The largest absolute Gasteiger partial charge is 0.444 e. The van der Waals surface area contributed by atoms with Gasteiger partial charge in [-0.25, -0.2) is 14.8 Å². The number of H-pyrrole nitrogens is 1. The van der Waals surface area contributed by atoms with Gasteiger partial charge < -0.3 is 26.0 Å². The molecule has 2 aromatic carbocycles. The highest BCUT2D eigenvalue weighted by Crippen LogP contribution is 2.30. The fraction of sp³-hybridized carbons (Fsp3) is 0.240. The molecular weight excluding hydrogens is 496 g/mol. The van der Waals surface area contributed by atoms with Crippen molar-refractivity contribution in [3.8, 4) is 0 Å². The lowest BCUT2D eigenvalue weighted by molar-refractivity contribution is -0.120. The predicted octanol–water partition coefficient (Wildman–Crippen LogP) is 4.63. The number of aromatic nitrogens is 4. The second-order valence-electron chi connectivity index (χ2n) is 9.11. The Morgan fingerprint density at radius 2 is 1.70 bits per heavy atom. The van der Waals surface area contributed by atoms with Crippen molar-refractivity contribution < 1.29 is 14.3 Å². The van der Waals surface area contributed by atoms with E-state index in [1.165, 1.54) is 6.33 Å². The van der Waals surface area contributed by atoms with E-state index in [2.05, 4.69) is 41.4 Å². The normalized spacial score (nSPS) is 11.1. The first kappa shape index (κ1) is 25.7. The summed E-state index contributed by atoms with van der Waals surface area (Å²) in [4.78, 5) is 32.5. The Kier molecular flexibility index (Phi) is 7.73. The van der Waals surface area contributed by atoms with Gasteiger partial charge in [-0.15, -0.1) is 0 Å². The van der Waals surface area contributed by atoms with Gasteiger partial charge >= 0.3 is 6.09 Å². The molecule has 0 unspecified atom stereocenters. The molecule has 2 heterocycles. The van der Waals surface area contributed by atoms with Crippen LogP contribution >= 0.6 is 11.6 Å². The molecule has 0 aliphatic heterocycles. The van der Waals surface area contributed by atoms with Crippen LogP contribution in [-0.4, -0.2) is 44.3 Å². The number of nitrogens with zero attached hydrogens (tertiary/aromatic N) is 3. The standard InChI is InChI=1S/C25H27ClN8O3/c1-25(2,3)37-24(36)28-13-19(35)27-12-15-6-4-8-17(10-15)32-23-20-21(29-14-30-22(20)33-34-23)31-18-9-5-7-16(26)11-18/h4-11,14H,12-13H2,1-3H3,(H,27,35)(H,28,36)(H3,29,30,31,32,33,34). The molecule has 0 saturated carbocycles. The van der Waals surface area contributed by atoms with E-state index in [0.717, 1.165) is 16.9 Å². The molecule has 5 N–H and O–H groups in total. The molecule has 12 heteroatoms. The number of hydrogen-bond donors (Lipinski definition) is 5. The van der Waals surface area contributed by atoms with Gasteiger partial charge in [-0.2, -0.15) is 5.10 Å². The molecular formula is C25H27ClN8O3. The van der Waals surface area contributed by atoms with Crippen LogP contribution < -0.4 is 21.3 Å². The number of rotatable bonds is 8. The van der Waals surface area contributed by atoms with E-state index >= 15 is 0 Å². The molecule has 0 saturated heterocycles. The van der Waals surface area contributed by atoms with E-state index in [-0.39, 0.29) is 19.0 Å². The van der Waals surface area contributed by atoms with Crippen molar-refractivity contribution in [3.05, 3.63) is 65.4 Å². The Morgan fingerprint density at radius 1 is 0.973 bits per heavy atom. The number of amides is 2. The molecule has 2 amide bonds. The third-order valence-electron chi connectivity index (χ3n) is 4.92. The minimum absolute atomic E-state index is 0.186. The number of benzene rings is 2. The summed E-state index contributed by atoms with van der Waals surface area (Å²) >= 11 is 6.11. The SMILES string of the molecule is CC(C)(C)OC(=O)NCC(=O)NCc1cccc(Nc2n[nH]c3ncnc(Nc4cccc(Cl)c4)c23)c1. The molecule has 2 aromatic heterocycles. The summed E-state index contributed by atoms with van der Waals surface area (Å²) in [6, 6.07) is 14.8. The molecule has 11 nitrogen and oxygen atoms in total. The van der Waals surface area contributed by atoms with Gasteiger partial charge in [-0.1, -0.05) is 29.8 Å². The first-order valence-electron chi connectivity index (χ1n) is 11.5. The number of ether oxygens (including phenoxy) is 1. The monoisotopic (exact) mass is 522 g/mol. The summed E-state index contributed by atoms with van der Waals surface area (Å²) in [5.41, 5.74) is 2.31. The summed E-state index contributed by atoms with van der Waals surface area (Å²) in [6.07, 6.45) is 0.797. The summed E-state index contributed by atoms with van der Waals surface area (Å²) < 4.78 is 5.13. The molecule has 0 fully saturated rings. The van der Waals surface area contributed by atoms with E-state index in [0.29, 0.717) is 27.7 Å². The molecule has 0 aliphatic carbocycles. The smallest absolute Gasteiger partial charge is 0.408 e. The number of nitrogens with one attached hydrogen (secondary N) is 5. The highest BCUT2D eigenvalue weighted by Gasteiger charge is 2.17. The zero-order valence-electron chi connectivity index (χ0n) is 20.6. The topological polar surface area (TPSA) is 146 Å².